The van der Waals surface area contributed by atoms with Gasteiger partial charge in [-0.25, -0.2) is 0 Å². The molecule has 0 aliphatic carbocycles. The van der Waals surface area contributed by atoms with Gasteiger partial charge in [-0.1, -0.05) is 18.2 Å². The monoisotopic (exact) mass is 243 g/mol. The summed E-state index contributed by atoms with van der Waals surface area (Å²) in [6.45, 7) is 8.67. The molecule has 0 amide bonds. The smallest absolute Gasteiger partial charge is 0.0475 e. The lowest BCUT2D eigenvalue weighted by Crippen LogP contribution is -2.56. The molecule has 18 heavy (non-hydrogen) atoms. The van der Waals surface area contributed by atoms with Crippen molar-refractivity contribution >= 4 is 10.9 Å². The Bertz CT molecular complexity index is 568. The maximum Gasteiger partial charge on any atom is 0.0475 e. The van der Waals surface area contributed by atoms with Gasteiger partial charge < -0.3 is 15.6 Å². The van der Waals surface area contributed by atoms with E-state index in [0.29, 0.717) is 6.04 Å². The summed E-state index contributed by atoms with van der Waals surface area (Å²) in [7, 11) is 0. The Morgan fingerprint density at radius 3 is 2.78 bits per heavy atom. The highest BCUT2D eigenvalue weighted by molar-refractivity contribution is 5.85. The number of aryl methyl sites for hydroxylation is 1. The number of aromatic amines is 1. The molecule has 3 rings (SSSR count). The van der Waals surface area contributed by atoms with Gasteiger partial charge in [-0.15, -0.1) is 0 Å². The van der Waals surface area contributed by atoms with E-state index in [-0.39, 0.29) is 5.54 Å². The minimum absolute atomic E-state index is 0.147. The normalized spacial score (nSPS) is 23.4. The number of rotatable bonds is 1. The lowest BCUT2D eigenvalue weighted by molar-refractivity contribution is 0.265. The van der Waals surface area contributed by atoms with Gasteiger partial charge in [-0.3, -0.25) is 0 Å². The fourth-order valence-electron chi connectivity index (χ4n) is 3.02. The van der Waals surface area contributed by atoms with Crippen LogP contribution in [0.2, 0.25) is 0 Å². The lowest BCUT2D eigenvalue weighted by atomic mass is 9.95. The SMILES string of the molecule is Cc1[nH]c2ccccc2c1C1CNCC(C)(C)N1. The molecule has 2 heterocycles. The summed E-state index contributed by atoms with van der Waals surface area (Å²) in [5.41, 5.74) is 4.06. The van der Waals surface area contributed by atoms with Gasteiger partial charge in [0.2, 0.25) is 0 Å². The van der Waals surface area contributed by atoms with Crippen molar-refractivity contribution in [2.45, 2.75) is 32.4 Å². The maximum absolute atomic E-state index is 3.75. The van der Waals surface area contributed by atoms with Crippen LogP contribution in [0.1, 0.15) is 31.1 Å². The highest BCUT2D eigenvalue weighted by atomic mass is 15.1. The summed E-state index contributed by atoms with van der Waals surface area (Å²) >= 11 is 0. The Morgan fingerprint density at radius 2 is 2.00 bits per heavy atom. The number of fused-ring (bicyclic) bond motifs is 1. The Balaban J connectivity index is 2.06. The van der Waals surface area contributed by atoms with Crippen molar-refractivity contribution in [3.63, 3.8) is 0 Å². The van der Waals surface area contributed by atoms with Gasteiger partial charge >= 0.3 is 0 Å². The molecule has 3 nitrogen and oxygen atoms in total. The molecule has 0 spiro atoms. The summed E-state index contributed by atoms with van der Waals surface area (Å²) < 4.78 is 0. The number of H-pyrrole nitrogens is 1. The maximum atomic E-state index is 3.75. The van der Waals surface area contributed by atoms with Crippen molar-refractivity contribution in [3.05, 3.63) is 35.5 Å². The third-order valence-corrected chi connectivity index (χ3v) is 3.77. The molecule has 1 saturated heterocycles. The van der Waals surface area contributed by atoms with E-state index in [1.807, 2.05) is 0 Å². The van der Waals surface area contributed by atoms with Gasteiger partial charge in [0.1, 0.15) is 0 Å². The molecule has 1 aliphatic heterocycles. The predicted molar refractivity (Wildman–Crippen MR) is 75.9 cm³/mol. The highest BCUT2D eigenvalue weighted by Crippen LogP contribution is 2.29. The molecule has 0 bridgehead atoms. The Kier molecular flexibility index (Phi) is 2.68. The van der Waals surface area contributed by atoms with Crippen LogP contribution in [0.3, 0.4) is 0 Å². The number of hydrogen-bond donors (Lipinski definition) is 3. The van der Waals surface area contributed by atoms with Crippen molar-refractivity contribution < 1.29 is 0 Å². The molecule has 3 heteroatoms. The average molecular weight is 243 g/mol. The van der Waals surface area contributed by atoms with Crippen LogP contribution in [0, 0.1) is 6.92 Å². The van der Waals surface area contributed by atoms with Crippen molar-refractivity contribution in [1.82, 2.24) is 15.6 Å². The highest BCUT2D eigenvalue weighted by Gasteiger charge is 2.29. The van der Waals surface area contributed by atoms with Gasteiger partial charge in [0, 0.05) is 41.3 Å². The molecule has 1 aromatic carbocycles. The summed E-state index contributed by atoms with van der Waals surface area (Å²) in [6, 6.07) is 8.92. The fraction of sp³-hybridized carbons (Fsp3) is 0.467. The number of nitrogens with one attached hydrogen (secondary N) is 3. The Labute approximate surface area is 108 Å². The molecule has 96 valence electrons. The second-order valence-corrected chi connectivity index (χ2v) is 5.92. The quantitative estimate of drug-likeness (QED) is 0.720. The summed E-state index contributed by atoms with van der Waals surface area (Å²) in [5, 5.41) is 8.61. The average Bonchev–Trinajstić information content (AvgIpc) is 2.63. The standard InChI is InChI=1S/C15H21N3/c1-10-14(11-6-4-5-7-12(11)17-10)13-8-16-9-15(2,3)18-13/h4-7,13,16-18H,8-9H2,1-3H3. The van der Waals surface area contributed by atoms with Crippen LogP contribution in [-0.4, -0.2) is 23.6 Å². The van der Waals surface area contributed by atoms with Crippen LogP contribution < -0.4 is 10.6 Å². The first-order chi connectivity index (χ1) is 8.57. The largest absolute Gasteiger partial charge is 0.358 e. The van der Waals surface area contributed by atoms with E-state index in [9.17, 15) is 0 Å². The summed E-state index contributed by atoms with van der Waals surface area (Å²) in [6.07, 6.45) is 0. The van der Waals surface area contributed by atoms with E-state index in [0.717, 1.165) is 13.1 Å². The lowest BCUT2D eigenvalue weighted by Gasteiger charge is -2.38. The van der Waals surface area contributed by atoms with Crippen molar-refractivity contribution in [2.24, 2.45) is 0 Å². The second kappa shape index (κ2) is 4.11. The van der Waals surface area contributed by atoms with E-state index in [1.165, 1.54) is 22.2 Å². The number of para-hydroxylation sites is 1. The first kappa shape index (κ1) is 11.8. The molecule has 1 aromatic heterocycles. The fourth-order valence-corrected chi connectivity index (χ4v) is 3.02. The van der Waals surface area contributed by atoms with Gasteiger partial charge in [-0.05, 0) is 32.4 Å². The van der Waals surface area contributed by atoms with Crippen LogP contribution in [0.25, 0.3) is 10.9 Å². The van der Waals surface area contributed by atoms with E-state index in [4.69, 9.17) is 0 Å². The summed E-state index contributed by atoms with van der Waals surface area (Å²) in [5.74, 6) is 0. The van der Waals surface area contributed by atoms with E-state index in [1.54, 1.807) is 0 Å². The molecular weight excluding hydrogens is 222 g/mol. The molecule has 1 unspecified atom stereocenters. The first-order valence-corrected chi connectivity index (χ1v) is 6.62. The third-order valence-electron chi connectivity index (χ3n) is 3.77. The van der Waals surface area contributed by atoms with Crippen LogP contribution in [0.4, 0.5) is 0 Å². The number of aromatic nitrogens is 1. The minimum Gasteiger partial charge on any atom is -0.358 e. The van der Waals surface area contributed by atoms with Gasteiger partial charge in [0.25, 0.3) is 0 Å². The topological polar surface area (TPSA) is 39.9 Å². The number of benzene rings is 1. The van der Waals surface area contributed by atoms with Crippen molar-refractivity contribution in [1.29, 1.82) is 0 Å². The van der Waals surface area contributed by atoms with Gasteiger partial charge in [-0.2, -0.15) is 0 Å². The molecule has 1 aliphatic rings. The molecule has 0 radical (unpaired) electrons. The predicted octanol–water partition coefficient (Wildman–Crippen LogP) is 2.49. The molecule has 2 aromatic rings. The summed E-state index contributed by atoms with van der Waals surface area (Å²) in [4.78, 5) is 3.48. The van der Waals surface area contributed by atoms with Crippen LogP contribution >= 0.6 is 0 Å². The van der Waals surface area contributed by atoms with E-state index in [2.05, 4.69) is 60.7 Å². The number of hydrogen-bond acceptors (Lipinski definition) is 2. The third kappa shape index (κ3) is 1.93. The molecular formula is C15H21N3. The van der Waals surface area contributed by atoms with Crippen LogP contribution in [0.5, 0.6) is 0 Å². The molecule has 1 atom stereocenters. The zero-order chi connectivity index (χ0) is 12.8. The van der Waals surface area contributed by atoms with Gasteiger partial charge in [0.15, 0.2) is 0 Å². The molecule has 0 saturated carbocycles. The minimum atomic E-state index is 0.147. The van der Waals surface area contributed by atoms with E-state index < -0.39 is 0 Å². The first-order valence-electron chi connectivity index (χ1n) is 6.62. The zero-order valence-electron chi connectivity index (χ0n) is 11.3. The second-order valence-electron chi connectivity index (χ2n) is 5.92. The molecule has 1 fully saturated rings. The van der Waals surface area contributed by atoms with E-state index >= 15 is 0 Å². The van der Waals surface area contributed by atoms with Crippen LogP contribution in [-0.2, 0) is 0 Å². The van der Waals surface area contributed by atoms with Crippen LogP contribution in [0.15, 0.2) is 24.3 Å². The van der Waals surface area contributed by atoms with Crippen molar-refractivity contribution in [2.75, 3.05) is 13.1 Å². The Hall–Kier alpha value is -1.32. The van der Waals surface area contributed by atoms with Crippen molar-refractivity contribution in [3.8, 4) is 0 Å². The molecule has 3 N–H and O–H groups in total. The Morgan fingerprint density at radius 1 is 1.22 bits per heavy atom. The number of piperazine rings is 1. The zero-order valence-corrected chi connectivity index (χ0v) is 11.3. The van der Waals surface area contributed by atoms with Gasteiger partial charge in [0.05, 0.1) is 0 Å².